The van der Waals surface area contributed by atoms with Crippen LogP contribution in [-0.4, -0.2) is 20.4 Å². The number of nitrogens with one attached hydrogen (secondary N) is 1. The molecule has 2 aromatic carbocycles. The fourth-order valence-electron chi connectivity index (χ4n) is 2.02. The van der Waals surface area contributed by atoms with Crippen molar-refractivity contribution < 1.29 is 10.2 Å². The van der Waals surface area contributed by atoms with E-state index < -0.39 is 0 Å². The number of para-hydroxylation sites is 1. The quantitative estimate of drug-likeness (QED) is 0.671. The molecule has 5 heteroatoms. The van der Waals surface area contributed by atoms with Gasteiger partial charge >= 0.3 is 0 Å². The number of aromatic hydroxyl groups is 2. The summed E-state index contributed by atoms with van der Waals surface area (Å²) in [5.74, 6) is 0.0722. The Labute approximate surface area is 120 Å². The van der Waals surface area contributed by atoms with Crippen LogP contribution < -0.4 is 0 Å². The monoisotopic (exact) mass is 286 g/mol. The van der Waals surface area contributed by atoms with Crippen LogP contribution in [0.2, 0.25) is 5.02 Å². The summed E-state index contributed by atoms with van der Waals surface area (Å²) in [5.41, 5.74) is 2.04. The number of phenolic OH excluding ortho intramolecular Hbond substituents is 1. The molecule has 100 valence electrons. The maximum absolute atomic E-state index is 10.3. The molecule has 0 saturated heterocycles. The first-order valence-electron chi connectivity index (χ1n) is 5.98. The number of hydrogen-bond donors (Lipinski definition) is 3. The Hall–Kier alpha value is -2.46. The van der Waals surface area contributed by atoms with Gasteiger partial charge in [0.05, 0.1) is 0 Å². The maximum Gasteiger partial charge on any atom is 0.169 e. The van der Waals surface area contributed by atoms with Crippen molar-refractivity contribution in [2.45, 2.75) is 0 Å². The fourth-order valence-corrected chi connectivity index (χ4v) is 2.14. The topological polar surface area (TPSA) is 69.1 Å². The Kier molecular flexibility index (Phi) is 3.08. The van der Waals surface area contributed by atoms with Crippen LogP contribution in [0.4, 0.5) is 0 Å². The lowest BCUT2D eigenvalue weighted by atomic mass is 10.1. The van der Waals surface area contributed by atoms with Gasteiger partial charge in [-0.05, 0) is 24.3 Å². The van der Waals surface area contributed by atoms with Crippen molar-refractivity contribution in [1.82, 2.24) is 10.2 Å². The van der Waals surface area contributed by atoms with Gasteiger partial charge in [0, 0.05) is 16.1 Å². The predicted octanol–water partition coefficient (Wildman–Crippen LogP) is 3.81. The van der Waals surface area contributed by atoms with Gasteiger partial charge in [0.1, 0.15) is 17.1 Å². The number of phenols is 1. The van der Waals surface area contributed by atoms with E-state index in [0.717, 1.165) is 5.56 Å². The fraction of sp³-hybridized carbons (Fsp3) is 0. The zero-order chi connectivity index (χ0) is 14.1. The molecule has 3 aromatic rings. The average Bonchev–Trinajstić information content (AvgIpc) is 2.82. The van der Waals surface area contributed by atoms with Crippen LogP contribution >= 0.6 is 11.6 Å². The van der Waals surface area contributed by atoms with Gasteiger partial charge < -0.3 is 10.2 Å². The number of nitrogens with zero attached hydrogens (tertiary/aromatic N) is 1. The zero-order valence-electron chi connectivity index (χ0n) is 10.3. The van der Waals surface area contributed by atoms with Crippen molar-refractivity contribution >= 4 is 11.6 Å². The minimum atomic E-state index is -0.00572. The van der Waals surface area contributed by atoms with Crippen molar-refractivity contribution in [2.24, 2.45) is 0 Å². The van der Waals surface area contributed by atoms with Crippen molar-refractivity contribution in [3.8, 4) is 34.0 Å². The van der Waals surface area contributed by atoms with Crippen LogP contribution in [0.15, 0.2) is 48.5 Å². The lowest BCUT2D eigenvalue weighted by Gasteiger charge is -2.02. The normalized spacial score (nSPS) is 10.7. The molecule has 0 bridgehead atoms. The van der Waals surface area contributed by atoms with E-state index in [2.05, 4.69) is 10.2 Å². The Morgan fingerprint density at radius 3 is 2.35 bits per heavy atom. The summed E-state index contributed by atoms with van der Waals surface area (Å²) in [6, 6.07) is 13.7. The molecule has 0 amide bonds. The van der Waals surface area contributed by atoms with Crippen LogP contribution in [-0.2, 0) is 0 Å². The molecule has 0 saturated carbocycles. The molecular formula is C15H11ClN2O2. The summed E-state index contributed by atoms with van der Waals surface area (Å²) in [5, 5.41) is 27.6. The lowest BCUT2D eigenvalue weighted by Crippen LogP contribution is -1.79. The Morgan fingerprint density at radius 2 is 1.65 bits per heavy atom. The van der Waals surface area contributed by atoms with E-state index in [4.69, 9.17) is 11.6 Å². The molecule has 0 aliphatic rings. The highest BCUT2D eigenvalue weighted by atomic mass is 35.5. The predicted molar refractivity (Wildman–Crippen MR) is 77.8 cm³/mol. The second-order valence-corrected chi connectivity index (χ2v) is 4.76. The van der Waals surface area contributed by atoms with E-state index in [1.54, 1.807) is 48.5 Å². The average molecular weight is 287 g/mol. The third-order valence-corrected chi connectivity index (χ3v) is 3.28. The van der Waals surface area contributed by atoms with Gasteiger partial charge in [0.25, 0.3) is 0 Å². The van der Waals surface area contributed by atoms with Gasteiger partial charge in [0.2, 0.25) is 0 Å². The Bertz CT molecular complexity index is 751. The summed E-state index contributed by atoms with van der Waals surface area (Å²) in [6.07, 6.45) is 0. The molecular weight excluding hydrogens is 276 g/mol. The van der Waals surface area contributed by atoms with Crippen molar-refractivity contribution in [3.05, 3.63) is 53.6 Å². The maximum atomic E-state index is 10.3. The number of halogens is 1. The highest BCUT2D eigenvalue weighted by molar-refractivity contribution is 6.30. The Balaban J connectivity index is 2.09. The summed E-state index contributed by atoms with van der Waals surface area (Å²) in [4.78, 5) is 0. The van der Waals surface area contributed by atoms with E-state index in [-0.39, 0.29) is 11.5 Å². The molecule has 0 spiro atoms. The minimum Gasteiger partial charge on any atom is -0.507 e. The van der Waals surface area contributed by atoms with Gasteiger partial charge in [0.15, 0.2) is 5.75 Å². The Morgan fingerprint density at radius 1 is 0.950 bits per heavy atom. The van der Waals surface area contributed by atoms with Crippen LogP contribution in [0.3, 0.4) is 0 Å². The second kappa shape index (κ2) is 4.90. The zero-order valence-corrected chi connectivity index (χ0v) is 11.1. The van der Waals surface area contributed by atoms with Crippen LogP contribution in [0.25, 0.3) is 22.5 Å². The van der Waals surface area contributed by atoms with Crippen molar-refractivity contribution in [1.29, 1.82) is 0 Å². The third-order valence-electron chi connectivity index (χ3n) is 3.03. The van der Waals surface area contributed by atoms with E-state index in [0.29, 0.717) is 22.0 Å². The van der Waals surface area contributed by atoms with E-state index in [1.807, 2.05) is 0 Å². The molecule has 1 heterocycles. The molecule has 0 atom stereocenters. The molecule has 0 fully saturated rings. The highest BCUT2D eigenvalue weighted by Crippen LogP contribution is 2.39. The number of hydrogen-bond acceptors (Lipinski definition) is 3. The van der Waals surface area contributed by atoms with E-state index in [1.165, 1.54) is 0 Å². The van der Waals surface area contributed by atoms with E-state index >= 15 is 0 Å². The number of benzene rings is 2. The molecule has 20 heavy (non-hydrogen) atoms. The second-order valence-electron chi connectivity index (χ2n) is 4.32. The molecule has 1 aromatic heterocycles. The number of H-pyrrole nitrogens is 1. The number of rotatable bonds is 2. The van der Waals surface area contributed by atoms with Gasteiger partial charge in [-0.3, -0.25) is 5.10 Å². The number of aromatic amines is 1. The SMILES string of the molecule is Oc1ccccc1-c1[nH]nc(-c2ccc(Cl)cc2)c1O. The van der Waals surface area contributed by atoms with Crippen molar-refractivity contribution in [2.75, 3.05) is 0 Å². The van der Waals surface area contributed by atoms with Crippen molar-refractivity contribution in [3.63, 3.8) is 0 Å². The molecule has 0 radical (unpaired) electrons. The molecule has 4 nitrogen and oxygen atoms in total. The summed E-state index contributed by atoms with van der Waals surface area (Å²) < 4.78 is 0. The smallest absolute Gasteiger partial charge is 0.169 e. The van der Waals surface area contributed by atoms with E-state index in [9.17, 15) is 10.2 Å². The van der Waals surface area contributed by atoms with Crippen LogP contribution in [0.5, 0.6) is 11.5 Å². The van der Waals surface area contributed by atoms with Gasteiger partial charge in [-0.2, -0.15) is 5.10 Å². The minimum absolute atomic E-state index is 0.00572. The molecule has 3 rings (SSSR count). The molecule has 0 unspecified atom stereocenters. The first kappa shape index (κ1) is 12.6. The number of aromatic nitrogens is 2. The molecule has 0 aliphatic carbocycles. The largest absolute Gasteiger partial charge is 0.507 e. The standard InChI is InChI=1S/C15H11ClN2O2/c16-10-7-5-9(6-8-10)13-15(20)14(18-17-13)11-3-1-2-4-12(11)19/h1-8,19-20H,(H,17,18). The highest BCUT2D eigenvalue weighted by Gasteiger charge is 2.17. The van der Waals surface area contributed by atoms with Gasteiger partial charge in [-0.25, -0.2) is 0 Å². The van der Waals surface area contributed by atoms with Crippen LogP contribution in [0.1, 0.15) is 0 Å². The van der Waals surface area contributed by atoms with Gasteiger partial charge in [-0.1, -0.05) is 35.9 Å². The summed E-state index contributed by atoms with van der Waals surface area (Å²) >= 11 is 5.84. The third kappa shape index (κ3) is 2.10. The molecule has 3 N–H and O–H groups in total. The van der Waals surface area contributed by atoms with Crippen LogP contribution in [0, 0.1) is 0 Å². The van der Waals surface area contributed by atoms with Gasteiger partial charge in [-0.15, -0.1) is 0 Å². The summed E-state index contributed by atoms with van der Waals surface area (Å²) in [7, 11) is 0. The molecule has 0 aliphatic heterocycles. The summed E-state index contributed by atoms with van der Waals surface area (Å²) in [6.45, 7) is 0. The first-order valence-corrected chi connectivity index (χ1v) is 6.36. The first-order chi connectivity index (χ1) is 9.66. The lowest BCUT2D eigenvalue weighted by molar-refractivity contribution is 0.470.